The van der Waals surface area contributed by atoms with Gasteiger partial charge in [-0.3, -0.25) is 9.48 Å². The quantitative estimate of drug-likeness (QED) is 0.686. The minimum absolute atomic E-state index is 0.0166. The zero-order valence-corrected chi connectivity index (χ0v) is 19.0. The normalized spacial score (nSPS) is 15.5. The zero-order valence-electron chi connectivity index (χ0n) is 16.7. The van der Waals surface area contributed by atoms with Crippen molar-refractivity contribution in [3.63, 3.8) is 0 Å². The van der Waals surface area contributed by atoms with Gasteiger partial charge in [-0.05, 0) is 31.9 Å². The minimum atomic E-state index is -3.79. The fourth-order valence-corrected chi connectivity index (χ4v) is 5.71. The third-order valence-electron chi connectivity index (χ3n) is 5.28. The molecule has 0 aliphatic carbocycles. The molecule has 1 aliphatic rings. The van der Waals surface area contributed by atoms with Gasteiger partial charge < -0.3 is 4.90 Å². The first-order valence-corrected chi connectivity index (χ1v) is 11.5. The third kappa shape index (κ3) is 4.45. The maximum atomic E-state index is 13.1. The van der Waals surface area contributed by atoms with Crippen LogP contribution in [0.2, 0.25) is 10.0 Å². The van der Waals surface area contributed by atoms with E-state index in [9.17, 15) is 13.2 Å². The summed E-state index contributed by atoms with van der Waals surface area (Å²) >= 11 is 12.5. The van der Waals surface area contributed by atoms with E-state index in [1.54, 1.807) is 17.9 Å². The number of benzene rings is 1. The van der Waals surface area contributed by atoms with Crippen LogP contribution in [0.15, 0.2) is 23.2 Å². The number of piperidine rings is 1. The number of halogens is 2. The van der Waals surface area contributed by atoms with Gasteiger partial charge in [0.25, 0.3) is 5.91 Å². The summed E-state index contributed by atoms with van der Waals surface area (Å²) in [5.41, 5.74) is 1.95. The number of carbonyl (C=O) groups excluding carboxylic acids is 1. The lowest BCUT2D eigenvalue weighted by Crippen LogP contribution is -2.36. The van der Waals surface area contributed by atoms with Crippen LogP contribution in [0.25, 0.3) is 0 Å². The van der Waals surface area contributed by atoms with Gasteiger partial charge in [-0.25, -0.2) is 8.42 Å². The Hall–Kier alpha value is -1.61. The number of sulfonamides is 1. The van der Waals surface area contributed by atoms with Gasteiger partial charge in [0, 0.05) is 45.0 Å². The van der Waals surface area contributed by atoms with E-state index in [0.29, 0.717) is 19.6 Å². The molecule has 1 fully saturated rings. The maximum Gasteiger partial charge on any atom is 0.255 e. The first kappa shape index (κ1) is 22.1. The predicted octanol–water partition coefficient (Wildman–Crippen LogP) is 3.48. The summed E-state index contributed by atoms with van der Waals surface area (Å²) in [5, 5.41) is 4.31. The number of aryl methyl sites for hydroxylation is 1. The Labute approximate surface area is 181 Å². The van der Waals surface area contributed by atoms with Crippen molar-refractivity contribution in [2.45, 2.75) is 37.6 Å². The number of nitrogens with zero attached hydrogens (tertiary/aromatic N) is 4. The highest BCUT2D eigenvalue weighted by molar-refractivity contribution is 7.89. The Morgan fingerprint density at radius 2 is 1.83 bits per heavy atom. The van der Waals surface area contributed by atoms with E-state index < -0.39 is 10.0 Å². The van der Waals surface area contributed by atoms with Crippen molar-refractivity contribution >= 4 is 39.1 Å². The molecule has 1 aliphatic heterocycles. The van der Waals surface area contributed by atoms with Crippen molar-refractivity contribution in [1.29, 1.82) is 0 Å². The smallest absolute Gasteiger partial charge is 0.255 e. The molecule has 2 aromatic rings. The van der Waals surface area contributed by atoms with Crippen LogP contribution in [0, 0.1) is 6.92 Å². The summed E-state index contributed by atoms with van der Waals surface area (Å²) in [6.07, 6.45) is 4.32. The molecular formula is C19H24Cl2N4O3S. The summed E-state index contributed by atoms with van der Waals surface area (Å²) in [4.78, 5) is 14.4. The van der Waals surface area contributed by atoms with Crippen molar-refractivity contribution in [1.82, 2.24) is 19.0 Å². The van der Waals surface area contributed by atoms with Crippen molar-refractivity contribution < 1.29 is 13.2 Å². The molecule has 0 unspecified atom stereocenters. The average molecular weight is 459 g/mol. The molecule has 1 amide bonds. The molecule has 7 nitrogen and oxygen atoms in total. The molecule has 0 radical (unpaired) electrons. The van der Waals surface area contributed by atoms with Crippen LogP contribution in [-0.4, -0.2) is 53.4 Å². The largest absolute Gasteiger partial charge is 0.337 e. The molecule has 29 heavy (non-hydrogen) atoms. The number of hydrogen-bond donors (Lipinski definition) is 0. The highest BCUT2D eigenvalue weighted by Crippen LogP contribution is 2.32. The lowest BCUT2D eigenvalue weighted by Gasteiger charge is -2.26. The molecule has 10 heteroatoms. The Kier molecular flexibility index (Phi) is 6.57. The molecule has 1 saturated heterocycles. The van der Waals surface area contributed by atoms with Crippen LogP contribution in [0.1, 0.15) is 40.9 Å². The molecule has 2 heterocycles. The molecular weight excluding hydrogens is 435 g/mol. The molecule has 3 rings (SSSR count). The van der Waals surface area contributed by atoms with E-state index in [-0.39, 0.29) is 26.4 Å². The van der Waals surface area contributed by atoms with E-state index in [0.717, 1.165) is 30.5 Å². The van der Waals surface area contributed by atoms with Crippen LogP contribution in [0.4, 0.5) is 0 Å². The second-order valence-electron chi connectivity index (χ2n) is 7.27. The van der Waals surface area contributed by atoms with Crippen LogP contribution in [0.3, 0.4) is 0 Å². The Balaban J connectivity index is 1.92. The number of hydrogen-bond acceptors (Lipinski definition) is 4. The van der Waals surface area contributed by atoms with Crippen molar-refractivity contribution in [2.24, 2.45) is 7.05 Å². The van der Waals surface area contributed by atoms with Crippen LogP contribution >= 0.6 is 23.2 Å². The number of aromatic nitrogens is 2. The highest BCUT2D eigenvalue weighted by atomic mass is 35.5. The first-order valence-electron chi connectivity index (χ1n) is 9.35. The van der Waals surface area contributed by atoms with Gasteiger partial charge >= 0.3 is 0 Å². The standard InChI is InChI=1S/C19H24Cl2N4O3S/c1-13-14(11-22-24(13)3)12-23(2)19(26)15-9-18(17(21)10-16(15)20)29(27,28)25-7-5-4-6-8-25/h9-11H,4-8,12H2,1-3H3. The summed E-state index contributed by atoms with van der Waals surface area (Å²) in [5.74, 6) is -0.384. The summed E-state index contributed by atoms with van der Waals surface area (Å²) in [6.45, 7) is 3.14. The summed E-state index contributed by atoms with van der Waals surface area (Å²) < 4.78 is 29.3. The number of carbonyl (C=O) groups is 1. The van der Waals surface area contributed by atoms with Gasteiger partial charge in [-0.1, -0.05) is 29.6 Å². The van der Waals surface area contributed by atoms with Crippen molar-refractivity contribution in [3.8, 4) is 0 Å². The minimum Gasteiger partial charge on any atom is -0.337 e. The fraction of sp³-hybridized carbons (Fsp3) is 0.474. The Bertz CT molecular complexity index is 1030. The van der Waals surface area contributed by atoms with Gasteiger partial charge in [-0.2, -0.15) is 9.40 Å². The zero-order chi connectivity index (χ0) is 21.3. The maximum absolute atomic E-state index is 13.1. The molecule has 1 aromatic heterocycles. The monoisotopic (exact) mass is 458 g/mol. The third-order valence-corrected chi connectivity index (χ3v) is 7.95. The molecule has 0 N–H and O–H groups in total. The first-order chi connectivity index (χ1) is 13.6. The molecule has 1 aromatic carbocycles. The van der Waals surface area contributed by atoms with Crippen molar-refractivity contribution in [2.75, 3.05) is 20.1 Å². The Morgan fingerprint density at radius 3 is 2.41 bits per heavy atom. The topological polar surface area (TPSA) is 75.5 Å². The lowest BCUT2D eigenvalue weighted by molar-refractivity contribution is 0.0785. The molecule has 0 spiro atoms. The number of rotatable bonds is 5. The predicted molar refractivity (Wildman–Crippen MR) is 113 cm³/mol. The van der Waals surface area contributed by atoms with E-state index in [1.165, 1.54) is 21.3 Å². The number of amides is 1. The van der Waals surface area contributed by atoms with E-state index in [2.05, 4.69) is 5.10 Å². The van der Waals surface area contributed by atoms with Crippen molar-refractivity contribution in [3.05, 3.63) is 45.2 Å². The van der Waals surface area contributed by atoms with Crippen LogP contribution in [0.5, 0.6) is 0 Å². The van der Waals surface area contributed by atoms with Gasteiger partial charge in [-0.15, -0.1) is 0 Å². The van der Waals surface area contributed by atoms with Gasteiger partial charge in [0.1, 0.15) is 4.90 Å². The summed E-state index contributed by atoms with van der Waals surface area (Å²) in [6, 6.07) is 2.62. The van der Waals surface area contributed by atoms with E-state index in [4.69, 9.17) is 23.2 Å². The fourth-order valence-electron chi connectivity index (χ4n) is 3.37. The second kappa shape index (κ2) is 8.63. The van der Waals surface area contributed by atoms with Crippen LogP contribution in [-0.2, 0) is 23.6 Å². The molecule has 0 bridgehead atoms. The molecule has 0 atom stereocenters. The average Bonchev–Trinajstić information content (AvgIpc) is 3.00. The van der Waals surface area contributed by atoms with Gasteiger partial charge in [0.05, 0.1) is 21.8 Å². The van der Waals surface area contributed by atoms with E-state index >= 15 is 0 Å². The van der Waals surface area contributed by atoms with Gasteiger partial charge in [0.15, 0.2) is 0 Å². The molecule has 0 saturated carbocycles. The highest BCUT2D eigenvalue weighted by Gasteiger charge is 2.30. The summed E-state index contributed by atoms with van der Waals surface area (Å²) in [7, 11) is -0.330. The van der Waals surface area contributed by atoms with E-state index in [1.807, 2.05) is 14.0 Å². The lowest BCUT2D eigenvalue weighted by atomic mass is 10.2. The SMILES string of the molecule is Cc1c(CN(C)C(=O)c2cc(S(=O)(=O)N3CCCCC3)c(Cl)cc2Cl)cnn1C. The second-order valence-corrected chi connectivity index (χ2v) is 9.99. The van der Waals surface area contributed by atoms with Crippen LogP contribution < -0.4 is 0 Å². The van der Waals surface area contributed by atoms with Gasteiger partial charge in [0.2, 0.25) is 10.0 Å². The molecule has 158 valence electrons. The Morgan fingerprint density at radius 1 is 1.17 bits per heavy atom.